The summed E-state index contributed by atoms with van der Waals surface area (Å²) in [6.45, 7) is 10.8. The quantitative estimate of drug-likeness (QED) is 0.291. The second kappa shape index (κ2) is 5.70. The minimum atomic E-state index is -0.265. The second-order valence-corrected chi connectivity index (χ2v) is 8.48. The lowest BCUT2D eigenvalue weighted by molar-refractivity contribution is 0.571. The monoisotopic (exact) mass is 344 g/mol. The van der Waals surface area contributed by atoms with Gasteiger partial charge in [-0.2, -0.15) is 0 Å². The maximum absolute atomic E-state index is 12.7. The molecule has 0 N–H and O–H groups in total. The molecule has 0 saturated heterocycles. The Hall–Kier alpha value is -2.61. The van der Waals surface area contributed by atoms with Crippen molar-refractivity contribution in [2.75, 3.05) is 0 Å². The molecular weight excluding hydrogens is 320 g/mol. The summed E-state index contributed by atoms with van der Waals surface area (Å²) in [5, 5.41) is 4.70. The molecule has 2 nitrogen and oxygen atoms in total. The van der Waals surface area contributed by atoms with Gasteiger partial charge in [0.1, 0.15) is 5.58 Å². The van der Waals surface area contributed by atoms with Crippen molar-refractivity contribution in [3.63, 3.8) is 0 Å². The Bertz CT molecular complexity index is 1200. The van der Waals surface area contributed by atoms with Gasteiger partial charge in [-0.3, -0.25) is 0 Å². The Morgan fingerprint density at radius 3 is 2.19 bits per heavy atom. The predicted octanol–water partition coefficient (Wildman–Crippen LogP) is 6.52. The van der Waals surface area contributed by atoms with Crippen LogP contribution in [0.2, 0.25) is 0 Å². The molecule has 0 aliphatic heterocycles. The van der Waals surface area contributed by atoms with Gasteiger partial charge in [0.2, 0.25) is 0 Å². The summed E-state index contributed by atoms with van der Waals surface area (Å²) in [6, 6.07) is 16.7. The smallest absolute Gasteiger partial charge is 0.344 e. The number of rotatable bonds is 1. The number of hydrogen-bond donors (Lipinski definition) is 0. The van der Waals surface area contributed by atoms with E-state index in [2.05, 4.69) is 77.1 Å². The molecule has 0 fully saturated rings. The summed E-state index contributed by atoms with van der Waals surface area (Å²) in [4.78, 5) is 12.7. The molecule has 2 heteroatoms. The lowest BCUT2D eigenvalue weighted by Crippen LogP contribution is -2.12. The van der Waals surface area contributed by atoms with Crippen LogP contribution in [0.3, 0.4) is 0 Å². The predicted molar refractivity (Wildman–Crippen MR) is 110 cm³/mol. The van der Waals surface area contributed by atoms with Crippen LogP contribution in [0.4, 0.5) is 0 Å². The van der Waals surface area contributed by atoms with Crippen LogP contribution in [0.25, 0.3) is 32.5 Å². The van der Waals surface area contributed by atoms with E-state index in [0.717, 1.165) is 27.1 Å². The number of benzene rings is 3. The van der Waals surface area contributed by atoms with Crippen molar-refractivity contribution in [1.82, 2.24) is 0 Å². The topological polar surface area (TPSA) is 30.2 Å². The highest BCUT2D eigenvalue weighted by Gasteiger charge is 2.17. The summed E-state index contributed by atoms with van der Waals surface area (Å²) >= 11 is 0. The first-order valence-electron chi connectivity index (χ1n) is 9.19. The maximum atomic E-state index is 12.7. The summed E-state index contributed by atoms with van der Waals surface area (Å²) in [5.74, 6) is 0.467. The van der Waals surface area contributed by atoms with Crippen LogP contribution in [-0.2, 0) is 5.41 Å². The molecule has 0 unspecified atom stereocenters. The van der Waals surface area contributed by atoms with Crippen molar-refractivity contribution in [1.29, 1.82) is 0 Å². The molecule has 1 aromatic heterocycles. The Labute approximate surface area is 153 Å². The van der Waals surface area contributed by atoms with Crippen LogP contribution in [0.5, 0.6) is 0 Å². The van der Waals surface area contributed by atoms with E-state index >= 15 is 0 Å². The molecular formula is C24H24O2. The molecule has 0 radical (unpaired) electrons. The Balaban J connectivity index is 2.08. The molecule has 26 heavy (non-hydrogen) atoms. The van der Waals surface area contributed by atoms with Gasteiger partial charge in [-0.05, 0) is 45.4 Å². The van der Waals surface area contributed by atoms with Crippen LogP contribution in [0.1, 0.15) is 51.7 Å². The normalized spacial score (nSPS) is 12.5. The van der Waals surface area contributed by atoms with E-state index in [1.54, 1.807) is 0 Å². The lowest BCUT2D eigenvalue weighted by atomic mass is 9.86. The average Bonchev–Trinajstić information content (AvgIpc) is 2.60. The molecule has 4 rings (SSSR count). The van der Waals surface area contributed by atoms with Crippen molar-refractivity contribution >= 4 is 32.5 Å². The highest BCUT2D eigenvalue weighted by molar-refractivity contribution is 6.13. The highest BCUT2D eigenvalue weighted by atomic mass is 16.4. The van der Waals surface area contributed by atoms with Gasteiger partial charge in [-0.1, -0.05) is 71.0 Å². The van der Waals surface area contributed by atoms with E-state index < -0.39 is 0 Å². The Kier molecular flexibility index (Phi) is 3.69. The zero-order chi connectivity index (χ0) is 18.6. The van der Waals surface area contributed by atoms with Crippen molar-refractivity contribution in [2.24, 2.45) is 0 Å². The van der Waals surface area contributed by atoms with Crippen LogP contribution >= 0.6 is 0 Å². The standard InChI is InChI=1S/C24H24O2/c1-14(2)15-6-9-18-16(12-15)7-10-20-19-11-8-17(24(3,4)5)13-21(19)23(25)26-22(18)20/h6-14H,1-5H3. The van der Waals surface area contributed by atoms with E-state index in [9.17, 15) is 4.79 Å². The first kappa shape index (κ1) is 16.8. The first-order chi connectivity index (χ1) is 12.3. The minimum Gasteiger partial charge on any atom is -0.422 e. The van der Waals surface area contributed by atoms with Crippen molar-refractivity contribution in [3.8, 4) is 0 Å². The molecule has 0 aliphatic rings. The fraction of sp³-hybridized carbons (Fsp3) is 0.292. The third-order valence-electron chi connectivity index (χ3n) is 5.25. The third kappa shape index (κ3) is 2.61. The van der Waals surface area contributed by atoms with Gasteiger partial charge >= 0.3 is 5.63 Å². The summed E-state index contributed by atoms with van der Waals surface area (Å²) < 4.78 is 5.80. The summed E-state index contributed by atoms with van der Waals surface area (Å²) in [7, 11) is 0. The van der Waals surface area contributed by atoms with Gasteiger partial charge < -0.3 is 4.42 Å². The van der Waals surface area contributed by atoms with E-state index in [1.807, 2.05) is 6.07 Å². The van der Waals surface area contributed by atoms with E-state index in [-0.39, 0.29) is 11.0 Å². The Morgan fingerprint density at radius 1 is 0.808 bits per heavy atom. The zero-order valence-corrected chi connectivity index (χ0v) is 16.0. The molecule has 4 aromatic rings. The van der Waals surface area contributed by atoms with Crippen LogP contribution in [-0.4, -0.2) is 0 Å². The van der Waals surface area contributed by atoms with Crippen molar-refractivity contribution in [2.45, 2.75) is 46.0 Å². The maximum Gasteiger partial charge on any atom is 0.344 e. The van der Waals surface area contributed by atoms with E-state index in [1.165, 1.54) is 5.56 Å². The van der Waals surface area contributed by atoms with Gasteiger partial charge in [0.15, 0.2) is 0 Å². The van der Waals surface area contributed by atoms with E-state index in [0.29, 0.717) is 16.9 Å². The average molecular weight is 344 g/mol. The molecule has 0 saturated carbocycles. The molecule has 0 aliphatic carbocycles. The van der Waals surface area contributed by atoms with Gasteiger partial charge in [-0.25, -0.2) is 4.79 Å². The molecule has 132 valence electrons. The molecule has 0 atom stereocenters. The third-order valence-corrected chi connectivity index (χ3v) is 5.25. The zero-order valence-electron chi connectivity index (χ0n) is 16.0. The molecule has 0 spiro atoms. The SMILES string of the molecule is CC(C)c1ccc2c(ccc3c4ccc(C(C)(C)C)cc4c(=O)oc23)c1. The largest absolute Gasteiger partial charge is 0.422 e. The summed E-state index contributed by atoms with van der Waals surface area (Å²) in [5.41, 5.74) is 2.83. The Morgan fingerprint density at radius 2 is 1.50 bits per heavy atom. The molecule has 1 heterocycles. The van der Waals surface area contributed by atoms with Gasteiger partial charge in [0.05, 0.1) is 5.39 Å². The second-order valence-electron chi connectivity index (χ2n) is 8.48. The van der Waals surface area contributed by atoms with Gasteiger partial charge in [-0.15, -0.1) is 0 Å². The highest BCUT2D eigenvalue weighted by Crippen LogP contribution is 2.33. The molecule has 0 bridgehead atoms. The molecule has 3 aromatic carbocycles. The first-order valence-corrected chi connectivity index (χ1v) is 9.19. The van der Waals surface area contributed by atoms with Crippen molar-refractivity contribution in [3.05, 3.63) is 70.1 Å². The number of hydrogen-bond acceptors (Lipinski definition) is 2. The number of fused-ring (bicyclic) bond motifs is 5. The van der Waals surface area contributed by atoms with Crippen LogP contribution in [0.15, 0.2) is 57.7 Å². The molecule has 0 amide bonds. The van der Waals surface area contributed by atoms with Gasteiger partial charge in [0, 0.05) is 10.8 Å². The van der Waals surface area contributed by atoms with Crippen LogP contribution in [0, 0.1) is 0 Å². The fourth-order valence-electron chi connectivity index (χ4n) is 3.56. The van der Waals surface area contributed by atoms with E-state index in [4.69, 9.17) is 4.42 Å². The summed E-state index contributed by atoms with van der Waals surface area (Å²) in [6.07, 6.45) is 0. The minimum absolute atomic E-state index is 0.00772. The van der Waals surface area contributed by atoms with Crippen LogP contribution < -0.4 is 5.63 Å². The van der Waals surface area contributed by atoms with Gasteiger partial charge in [0.25, 0.3) is 0 Å². The fourth-order valence-corrected chi connectivity index (χ4v) is 3.56. The van der Waals surface area contributed by atoms with Crippen molar-refractivity contribution < 1.29 is 4.42 Å². The lowest BCUT2D eigenvalue weighted by Gasteiger charge is -2.19.